The summed E-state index contributed by atoms with van der Waals surface area (Å²) in [6, 6.07) is 20.3. The van der Waals surface area contributed by atoms with Gasteiger partial charge >= 0.3 is 0 Å². The first-order chi connectivity index (χ1) is 11.8. The molecule has 0 bridgehead atoms. The van der Waals surface area contributed by atoms with Crippen molar-refractivity contribution >= 4 is 22.7 Å². The highest BCUT2D eigenvalue weighted by Crippen LogP contribution is 2.38. The number of rotatable bonds is 3. The van der Waals surface area contributed by atoms with Gasteiger partial charge in [0.25, 0.3) is 0 Å². The summed E-state index contributed by atoms with van der Waals surface area (Å²) >= 11 is 0. The van der Waals surface area contributed by atoms with Crippen LogP contribution < -0.4 is 9.64 Å². The Morgan fingerprint density at radius 1 is 1.00 bits per heavy atom. The molecule has 3 nitrogen and oxygen atoms in total. The SMILES string of the molecule is CCN1/C(=C\C=C\c2ccc3ccccc3n2)Oc2ccccc21. The molecule has 0 fully saturated rings. The van der Waals surface area contributed by atoms with Crippen LogP contribution in [0.25, 0.3) is 17.0 Å². The van der Waals surface area contributed by atoms with Crippen molar-refractivity contribution in [2.45, 2.75) is 6.92 Å². The van der Waals surface area contributed by atoms with E-state index in [0.29, 0.717) is 0 Å². The first kappa shape index (κ1) is 14.5. The summed E-state index contributed by atoms with van der Waals surface area (Å²) in [5, 5.41) is 1.15. The maximum atomic E-state index is 5.93. The van der Waals surface area contributed by atoms with E-state index in [9.17, 15) is 0 Å². The van der Waals surface area contributed by atoms with Gasteiger partial charge in [0.05, 0.1) is 16.9 Å². The molecule has 0 radical (unpaired) electrons. The molecule has 0 saturated carbocycles. The first-order valence-electron chi connectivity index (χ1n) is 8.14. The van der Waals surface area contributed by atoms with Crippen LogP contribution >= 0.6 is 0 Å². The lowest BCUT2D eigenvalue weighted by Gasteiger charge is -2.14. The number of aromatic nitrogens is 1. The number of ether oxygens (including phenoxy) is 1. The molecule has 2 aromatic carbocycles. The van der Waals surface area contributed by atoms with Crippen LogP contribution in [0.4, 0.5) is 5.69 Å². The van der Waals surface area contributed by atoms with Gasteiger partial charge in [-0.05, 0) is 43.3 Å². The van der Waals surface area contributed by atoms with Gasteiger partial charge in [-0.1, -0.05) is 42.5 Å². The number of benzene rings is 2. The Hall–Kier alpha value is -3.07. The van der Waals surface area contributed by atoms with Crippen molar-refractivity contribution in [1.82, 2.24) is 4.98 Å². The second-order valence-corrected chi connectivity index (χ2v) is 5.61. The zero-order valence-electron chi connectivity index (χ0n) is 13.5. The second-order valence-electron chi connectivity index (χ2n) is 5.61. The van der Waals surface area contributed by atoms with Crippen molar-refractivity contribution in [3.63, 3.8) is 0 Å². The molecule has 0 amide bonds. The molecule has 1 aromatic heterocycles. The Morgan fingerprint density at radius 2 is 1.83 bits per heavy atom. The summed E-state index contributed by atoms with van der Waals surface area (Å²) < 4.78 is 5.93. The van der Waals surface area contributed by atoms with Crippen LogP contribution in [0.3, 0.4) is 0 Å². The third-order valence-electron chi connectivity index (χ3n) is 4.08. The number of anilines is 1. The van der Waals surface area contributed by atoms with Crippen molar-refractivity contribution < 1.29 is 4.74 Å². The van der Waals surface area contributed by atoms with Crippen molar-refractivity contribution in [3.05, 3.63) is 84.4 Å². The monoisotopic (exact) mass is 314 g/mol. The first-order valence-corrected chi connectivity index (χ1v) is 8.14. The summed E-state index contributed by atoms with van der Waals surface area (Å²) in [4.78, 5) is 6.81. The van der Waals surface area contributed by atoms with E-state index in [4.69, 9.17) is 4.74 Å². The van der Waals surface area contributed by atoms with Crippen LogP contribution in [0, 0.1) is 0 Å². The Labute approximate surface area is 141 Å². The molecule has 2 heterocycles. The lowest BCUT2D eigenvalue weighted by Crippen LogP contribution is -2.18. The van der Waals surface area contributed by atoms with E-state index in [-0.39, 0.29) is 0 Å². The molecule has 0 atom stereocenters. The predicted octanol–water partition coefficient (Wildman–Crippen LogP) is 5.01. The molecule has 24 heavy (non-hydrogen) atoms. The normalized spacial score (nSPS) is 15.2. The number of para-hydroxylation sites is 3. The molecule has 0 aliphatic carbocycles. The average molecular weight is 314 g/mol. The zero-order chi connectivity index (χ0) is 16.4. The number of hydrogen-bond donors (Lipinski definition) is 0. The fraction of sp³-hybridized carbons (Fsp3) is 0.0952. The van der Waals surface area contributed by atoms with Crippen molar-refractivity contribution in [2.75, 3.05) is 11.4 Å². The summed E-state index contributed by atoms with van der Waals surface area (Å²) in [6.45, 7) is 2.98. The minimum Gasteiger partial charge on any atom is -0.439 e. The molecule has 118 valence electrons. The maximum absolute atomic E-state index is 5.93. The van der Waals surface area contributed by atoms with Crippen molar-refractivity contribution in [3.8, 4) is 5.75 Å². The summed E-state index contributed by atoms with van der Waals surface area (Å²) in [6.07, 6.45) is 5.97. The average Bonchev–Trinajstić information content (AvgIpc) is 2.99. The largest absolute Gasteiger partial charge is 0.439 e. The standard InChI is InChI=1S/C21H18N2O/c1-2-23-19-11-5-6-12-20(19)24-21(23)13-7-9-17-15-14-16-8-3-4-10-18(16)22-17/h3-15H,2H2,1H3/b9-7+,21-13+. The molecule has 0 unspecified atom stereocenters. The number of fused-ring (bicyclic) bond motifs is 2. The van der Waals surface area contributed by atoms with E-state index < -0.39 is 0 Å². The van der Waals surface area contributed by atoms with Gasteiger partial charge < -0.3 is 9.64 Å². The minimum atomic E-state index is 0.843. The van der Waals surface area contributed by atoms with Gasteiger partial charge in [0.15, 0.2) is 5.75 Å². The van der Waals surface area contributed by atoms with Gasteiger partial charge in [0, 0.05) is 11.9 Å². The fourth-order valence-electron chi connectivity index (χ4n) is 2.91. The zero-order valence-corrected chi connectivity index (χ0v) is 13.5. The van der Waals surface area contributed by atoms with E-state index in [0.717, 1.165) is 40.5 Å². The summed E-state index contributed by atoms with van der Waals surface area (Å²) in [7, 11) is 0. The second kappa shape index (κ2) is 6.20. The smallest absolute Gasteiger partial charge is 0.200 e. The van der Waals surface area contributed by atoms with Crippen molar-refractivity contribution in [2.24, 2.45) is 0 Å². The fourth-order valence-corrected chi connectivity index (χ4v) is 2.91. The Balaban J connectivity index is 1.58. The third kappa shape index (κ3) is 2.65. The van der Waals surface area contributed by atoms with Crippen LogP contribution in [0.2, 0.25) is 0 Å². The van der Waals surface area contributed by atoms with Gasteiger partial charge in [-0.2, -0.15) is 0 Å². The number of allylic oxidation sites excluding steroid dienone is 2. The Kier molecular flexibility index (Phi) is 3.75. The summed E-state index contributed by atoms with van der Waals surface area (Å²) in [5.74, 6) is 1.75. The topological polar surface area (TPSA) is 25.4 Å². The number of pyridine rings is 1. The van der Waals surface area contributed by atoms with E-state index in [1.165, 1.54) is 0 Å². The lowest BCUT2D eigenvalue weighted by molar-refractivity contribution is 0.440. The molecule has 0 spiro atoms. The Bertz CT molecular complexity index is 943. The lowest BCUT2D eigenvalue weighted by atomic mass is 10.2. The van der Waals surface area contributed by atoms with Crippen LogP contribution in [0.1, 0.15) is 12.6 Å². The molecule has 1 aliphatic rings. The van der Waals surface area contributed by atoms with Crippen LogP contribution in [-0.4, -0.2) is 11.5 Å². The Morgan fingerprint density at radius 3 is 2.75 bits per heavy atom. The van der Waals surface area contributed by atoms with Gasteiger partial charge in [-0.25, -0.2) is 4.98 Å². The number of hydrogen-bond acceptors (Lipinski definition) is 3. The molecule has 0 saturated heterocycles. The van der Waals surface area contributed by atoms with Crippen LogP contribution in [-0.2, 0) is 0 Å². The molecule has 1 aliphatic heterocycles. The van der Waals surface area contributed by atoms with Gasteiger partial charge in [0.1, 0.15) is 0 Å². The van der Waals surface area contributed by atoms with E-state index in [1.54, 1.807) is 0 Å². The van der Waals surface area contributed by atoms with Gasteiger partial charge in [-0.3, -0.25) is 0 Å². The van der Waals surface area contributed by atoms with E-state index in [2.05, 4.69) is 35.0 Å². The van der Waals surface area contributed by atoms with Gasteiger partial charge in [-0.15, -0.1) is 0 Å². The van der Waals surface area contributed by atoms with E-state index >= 15 is 0 Å². The van der Waals surface area contributed by atoms with Gasteiger partial charge in [0.2, 0.25) is 5.88 Å². The molecule has 3 heteroatoms. The maximum Gasteiger partial charge on any atom is 0.200 e. The molecular weight excluding hydrogens is 296 g/mol. The highest BCUT2D eigenvalue weighted by Gasteiger charge is 2.23. The third-order valence-corrected chi connectivity index (χ3v) is 4.08. The molecule has 0 N–H and O–H groups in total. The highest BCUT2D eigenvalue weighted by atomic mass is 16.5. The predicted molar refractivity (Wildman–Crippen MR) is 99.0 cm³/mol. The quantitative estimate of drug-likeness (QED) is 0.679. The summed E-state index contributed by atoms with van der Waals surface area (Å²) in [5.41, 5.74) is 3.06. The molecule has 3 aromatic rings. The van der Waals surface area contributed by atoms with Crippen LogP contribution in [0.5, 0.6) is 5.75 Å². The van der Waals surface area contributed by atoms with E-state index in [1.807, 2.05) is 60.7 Å². The molecule has 4 rings (SSSR count). The molecular formula is C21H18N2O. The number of nitrogens with zero attached hydrogens (tertiary/aromatic N) is 2. The van der Waals surface area contributed by atoms with Crippen molar-refractivity contribution in [1.29, 1.82) is 0 Å². The highest BCUT2D eigenvalue weighted by molar-refractivity contribution is 5.79. The minimum absolute atomic E-state index is 0.843. The van der Waals surface area contributed by atoms with Crippen LogP contribution in [0.15, 0.2) is 78.7 Å².